The van der Waals surface area contributed by atoms with E-state index < -0.39 is 0 Å². The lowest BCUT2D eigenvalue weighted by Gasteiger charge is -2.24. The molecule has 0 bridgehead atoms. The van der Waals surface area contributed by atoms with E-state index in [0.717, 1.165) is 25.1 Å². The average Bonchev–Trinajstić information content (AvgIpc) is 2.93. The zero-order valence-corrected chi connectivity index (χ0v) is 12.0. The molecule has 0 radical (unpaired) electrons. The Kier molecular flexibility index (Phi) is 5.09. The highest BCUT2D eigenvalue weighted by atomic mass is 19.1. The first-order chi connectivity index (χ1) is 9.56. The molecule has 4 nitrogen and oxygen atoms in total. The molecule has 2 rings (SSSR count). The average molecular weight is 279 g/mol. The largest absolute Gasteiger partial charge is 0.348 e. The summed E-state index contributed by atoms with van der Waals surface area (Å²) in [4.78, 5) is 14.1. The number of hydrogen-bond acceptors (Lipinski definition) is 3. The number of nitrogens with zero attached hydrogens (tertiary/aromatic N) is 1. The number of rotatable bonds is 5. The van der Waals surface area contributed by atoms with Gasteiger partial charge in [0.1, 0.15) is 5.82 Å². The fraction of sp³-hybridized carbons (Fsp3) is 0.533. The standard InChI is InChI=1S/C15H22FN3O/c1-11(12-3-5-13(16)6-4-12)18-15(20)10-19(2)14-7-8-17-9-14/h3-6,11,14,17H,7-10H2,1-2H3,(H,18,20). The van der Waals surface area contributed by atoms with E-state index in [1.165, 1.54) is 12.1 Å². The lowest BCUT2D eigenvalue weighted by molar-refractivity contribution is -0.123. The molecule has 2 atom stereocenters. The quantitative estimate of drug-likeness (QED) is 0.854. The van der Waals surface area contributed by atoms with Crippen LogP contribution in [-0.2, 0) is 4.79 Å². The maximum Gasteiger partial charge on any atom is 0.234 e. The Morgan fingerprint density at radius 3 is 2.80 bits per heavy atom. The fourth-order valence-corrected chi connectivity index (χ4v) is 2.49. The number of halogens is 1. The lowest BCUT2D eigenvalue weighted by atomic mass is 10.1. The van der Waals surface area contributed by atoms with Gasteiger partial charge in [0.05, 0.1) is 12.6 Å². The van der Waals surface area contributed by atoms with Crippen LogP contribution in [0.3, 0.4) is 0 Å². The predicted octanol–water partition coefficient (Wildman–Crippen LogP) is 1.30. The van der Waals surface area contributed by atoms with Gasteiger partial charge in [-0.15, -0.1) is 0 Å². The van der Waals surface area contributed by atoms with Gasteiger partial charge in [-0.1, -0.05) is 12.1 Å². The number of carbonyl (C=O) groups excluding carboxylic acids is 1. The SMILES string of the molecule is CC(NC(=O)CN(C)C1CCNC1)c1ccc(F)cc1. The minimum Gasteiger partial charge on any atom is -0.348 e. The summed E-state index contributed by atoms with van der Waals surface area (Å²) in [6, 6.07) is 6.54. The Bertz CT molecular complexity index is 443. The minimum absolute atomic E-state index is 0.00350. The molecular weight excluding hydrogens is 257 g/mol. The zero-order chi connectivity index (χ0) is 14.5. The van der Waals surface area contributed by atoms with Crippen LogP contribution in [0.4, 0.5) is 4.39 Å². The topological polar surface area (TPSA) is 44.4 Å². The molecule has 0 aliphatic carbocycles. The van der Waals surface area contributed by atoms with Crippen LogP contribution in [0.25, 0.3) is 0 Å². The summed E-state index contributed by atoms with van der Waals surface area (Å²) in [5, 5.41) is 6.24. The van der Waals surface area contributed by atoms with E-state index in [2.05, 4.69) is 15.5 Å². The van der Waals surface area contributed by atoms with Gasteiger partial charge in [-0.25, -0.2) is 4.39 Å². The molecule has 5 heteroatoms. The van der Waals surface area contributed by atoms with E-state index in [1.54, 1.807) is 12.1 Å². The van der Waals surface area contributed by atoms with E-state index in [0.29, 0.717) is 12.6 Å². The maximum atomic E-state index is 12.9. The summed E-state index contributed by atoms with van der Waals surface area (Å²) < 4.78 is 12.9. The van der Waals surface area contributed by atoms with Crippen molar-refractivity contribution in [3.8, 4) is 0 Å². The third-order valence-corrected chi connectivity index (χ3v) is 3.80. The van der Waals surface area contributed by atoms with Crippen molar-refractivity contribution in [1.29, 1.82) is 0 Å². The van der Waals surface area contributed by atoms with Gasteiger partial charge >= 0.3 is 0 Å². The lowest BCUT2D eigenvalue weighted by Crippen LogP contribution is -2.42. The number of nitrogens with one attached hydrogen (secondary N) is 2. The highest BCUT2D eigenvalue weighted by Crippen LogP contribution is 2.13. The van der Waals surface area contributed by atoms with Crippen molar-refractivity contribution in [3.63, 3.8) is 0 Å². The van der Waals surface area contributed by atoms with Crippen molar-refractivity contribution in [3.05, 3.63) is 35.6 Å². The normalized spacial score (nSPS) is 20.1. The highest BCUT2D eigenvalue weighted by molar-refractivity contribution is 5.78. The Morgan fingerprint density at radius 2 is 2.20 bits per heavy atom. The molecule has 1 fully saturated rings. The van der Waals surface area contributed by atoms with Crippen LogP contribution in [-0.4, -0.2) is 43.5 Å². The molecule has 1 heterocycles. The first kappa shape index (κ1) is 14.9. The number of likely N-dealkylation sites (N-methyl/N-ethyl adjacent to an activating group) is 1. The van der Waals surface area contributed by atoms with Gasteiger partial charge in [-0.3, -0.25) is 9.69 Å². The number of carbonyl (C=O) groups is 1. The van der Waals surface area contributed by atoms with Gasteiger partial charge in [0.15, 0.2) is 0 Å². The molecule has 2 unspecified atom stereocenters. The first-order valence-corrected chi connectivity index (χ1v) is 7.02. The summed E-state index contributed by atoms with van der Waals surface area (Å²) in [7, 11) is 1.97. The minimum atomic E-state index is -0.263. The van der Waals surface area contributed by atoms with Crippen LogP contribution < -0.4 is 10.6 Å². The third kappa shape index (κ3) is 4.02. The molecule has 20 heavy (non-hydrogen) atoms. The van der Waals surface area contributed by atoms with Crippen molar-refractivity contribution in [2.24, 2.45) is 0 Å². The van der Waals surface area contributed by atoms with Crippen molar-refractivity contribution in [2.45, 2.75) is 25.4 Å². The van der Waals surface area contributed by atoms with Crippen LogP contribution in [0.2, 0.25) is 0 Å². The Labute approximate surface area is 119 Å². The second-order valence-electron chi connectivity index (χ2n) is 5.40. The molecule has 1 saturated heterocycles. The van der Waals surface area contributed by atoms with E-state index in [9.17, 15) is 9.18 Å². The molecule has 1 amide bonds. The number of amides is 1. The van der Waals surface area contributed by atoms with Gasteiger partial charge < -0.3 is 10.6 Å². The zero-order valence-electron chi connectivity index (χ0n) is 12.0. The second kappa shape index (κ2) is 6.81. The van der Waals surface area contributed by atoms with Crippen LogP contribution in [0, 0.1) is 5.82 Å². The highest BCUT2D eigenvalue weighted by Gasteiger charge is 2.21. The van der Waals surface area contributed by atoms with E-state index in [4.69, 9.17) is 0 Å². The van der Waals surface area contributed by atoms with Crippen LogP contribution in [0.1, 0.15) is 24.9 Å². The van der Waals surface area contributed by atoms with Crippen molar-refractivity contribution < 1.29 is 9.18 Å². The fourth-order valence-electron chi connectivity index (χ4n) is 2.49. The van der Waals surface area contributed by atoms with E-state index >= 15 is 0 Å². The van der Waals surface area contributed by atoms with Gasteiger partial charge in [0.2, 0.25) is 5.91 Å². The predicted molar refractivity (Wildman–Crippen MR) is 76.9 cm³/mol. The van der Waals surface area contributed by atoms with Crippen molar-refractivity contribution in [2.75, 3.05) is 26.7 Å². The summed E-state index contributed by atoms with van der Waals surface area (Å²) in [6.07, 6.45) is 1.08. The van der Waals surface area contributed by atoms with Gasteiger partial charge in [0.25, 0.3) is 0 Å². The molecule has 1 aromatic rings. The van der Waals surface area contributed by atoms with Crippen molar-refractivity contribution in [1.82, 2.24) is 15.5 Å². The Hall–Kier alpha value is -1.46. The van der Waals surface area contributed by atoms with E-state index in [-0.39, 0.29) is 17.8 Å². The molecule has 1 aliphatic rings. The van der Waals surface area contributed by atoms with Crippen LogP contribution >= 0.6 is 0 Å². The molecule has 110 valence electrons. The number of hydrogen-bond donors (Lipinski definition) is 2. The molecule has 1 aliphatic heterocycles. The Morgan fingerprint density at radius 1 is 1.50 bits per heavy atom. The Balaban J connectivity index is 1.82. The summed E-state index contributed by atoms with van der Waals surface area (Å²) in [5.74, 6) is -0.267. The van der Waals surface area contributed by atoms with Gasteiger partial charge in [-0.2, -0.15) is 0 Å². The van der Waals surface area contributed by atoms with Crippen LogP contribution in [0.15, 0.2) is 24.3 Å². The van der Waals surface area contributed by atoms with Crippen LogP contribution in [0.5, 0.6) is 0 Å². The summed E-state index contributed by atoms with van der Waals surface area (Å²) in [6.45, 7) is 4.25. The first-order valence-electron chi connectivity index (χ1n) is 7.02. The van der Waals surface area contributed by atoms with Gasteiger partial charge in [-0.05, 0) is 44.6 Å². The second-order valence-corrected chi connectivity index (χ2v) is 5.40. The van der Waals surface area contributed by atoms with Crippen molar-refractivity contribution >= 4 is 5.91 Å². The molecule has 2 N–H and O–H groups in total. The summed E-state index contributed by atoms with van der Waals surface area (Å²) >= 11 is 0. The summed E-state index contributed by atoms with van der Waals surface area (Å²) in [5.41, 5.74) is 0.907. The maximum absolute atomic E-state index is 12.9. The molecular formula is C15H22FN3O. The molecule has 0 spiro atoms. The van der Waals surface area contributed by atoms with E-state index in [1.807, 2.05) is 14.0 Å². The monoisotopic (exact) mass is 279 g/mol. The third-order valence-electron chi connectivity index (χ3n) is 3.80. The number of benzene rings is 1. The molecule has 1 aromatic carbocycles. The molecule has 0 aromatic heterocycles. The van der Waals surface area contributed by atoms with Gasteiger partial charge in [0, 0.05) is 12.6 Å². The smallest absolute Gasteiger partial charge is 0.234 e. The molecule has 0 saturated carbocycles.